The molecule has 0 fully saturated rings. The number of hydrogen-bond donors (Lipinski definition) is 3. The summed E-state index contributed by atoms with van der Waals surface area (Å²) in [6, 6.07) is 0. The minimum absolute atomic E-state index is 0.111. The van der Waals surface area contributed by atoms with Crippen molar-refractivity contribution in [3.8, 4) is 0 Å². The van der Waals surface area contributed by atoms with E-state index in [1.807, 2.05) is 48.6 Å². The van der Waals surface area contributed by atoms with Crippen molar-refractivity contribution < 1.29 is 43.0 Å². The van der Waals surface area contributed by atoms with Gasteiger partial charge in [-0.2, -0.15) is 0 Å². The van der Waals surface area contributed by atoms with E-state index in [-0.39, 0.29) is 19.4 Å². The minimum atomic E-state index is -4.79. The highest BCUT2D eigenvalue weighted by molar-refractivity contribution is 7.46. The molecule has 0 bridgehead atoms. The third-order valence-electron chi connectivity index (χ3n) is 7.93. The molecule has 0 rings (SSSR count). The van der Waals surface area contributed by atoms with E-state index < -0.39 is 38.6 Å². The molecule has 0 spiro atoms. The molecule has 0 aliphatic carbocycles. The van der Waals surface area contributed by atoms with E-state index in [1.54, 1.807) is 6.08 Å². The van der Waals surface area contributed by atoms with E-state index in [9.17, 15) is 19.3 Å². The Balaban J connectivity index is 4.17. The zero-order valence-electron chi connectivity index (χ0n) is 33.2. The molecule has 9 nitrogen and oxygen atoms in total. The van der Waals surface area contributed by atoms with Gasteiger partial charge in [-0.25, -0.2) is 4.57 Å². The first-order chi connectivity index (χ1) is 26.2. The predicted octanol–water partition coefficient (Wildman–Crippen LogP) is 11.2. The van der Waals surface area contributed by atoms with E-state index >= 15 is 0 Å². The lowest BCUT2D eigenvalue weighted by Gasteiger charge is -2.18. The maximum Gasteiger partial charge on any atom is 0.469 e. The summed E-state index contributed by atoms with van der Waals surface area (Å²) in [5.41, 5.74) is 0. The SMILES string of the molecule is CC/C=C\C/C=C\CC(O)/C=C/C=C\C/C=C\C/C=C\CCC(=O)OC[C@H](COP(=O)(O)O)OC(=O)CCCCCCCC/C=C\C/C=C\CCCCC. The van der Waals surface area contributed by atoms with E-state index in [1.165, 1.54) is 25.7 Å². The van der Waals surface area contributed by atoms with Crippen molar-refractivity contribution in [1.82, 2.24) is 0 Å². The zero-order chi connectivity index (χ0) is 39.8. The summed E-state index contributed by atoms with van der Waals surface area (Å²) in [7, 11) is -4.79. The van der Waals surface area contributed by atoms with Gasteiger partial charge in [0.15, 0.2) is 6.10 Å². The number of rotatable bonds is 35. The molecule has 54 heavy (non-hydrogen) atoms. The molecular formula is C44H71O9P. The fourth-order valence-electron chi connectivity index (χ4n) is 4.92. The average molecular weight is 775 g/mol. The van der Waals surface area contributed by atoms with Gasteiger partial charge in [0.05, 0.1) is 12.7 Å². The van der Waals surface area contributed by atoms with Crippen LogP contribution in [-0.4, -0.2) is 52.3 Å². The van der Waals surface area contributed by atoms with Gasteiger partial charge in [-0.1, -0.05) is 150 Å². The number of hydrogen-bond acceptors (Lipinski definition) is 7. The number of unbranched alkanes of at least 4 members (excludes halogenated alkanes) is 9. The third-order valence-corrected chi connectivity index (χ3v) is 8.42. The van der Waals surface area contributed by atoms with Crippen LogP contribution in [0.4, 0.5) is 0 Å². The number of esters is 2. The highest BCUT2D eigenvalue weighted by Crippen LogP contribution is 2.36. The Labute approximate surface area is 327 Å². The van der Waals surface area contributed by atoms with E-state index in [2.05, 4.69) is 60.9 Å². The van der Waals surface area contributed by atoms with Crippen molar-refractivity contribution >= 4 is 19.8 Å². The van der Waals surface area contributed by atoms with Gasteiger partial charge in [0, 0.05) is 12.8 Å². The van der Waals surface area contributed by atoms with Crippen LogP contribution in [0.15, 0.2) is 97.2 Å². The van der Waals surface area contributed by atoms with Gasteiger partial charge in [-0.15, -0.1) is 0 Å². The topological polar surface area (TPSA) is 140 Å². The van der Waals surface area contributed by atoms with E-state index in [4.69, 9.17) is 19.3 Å². The first-order valence-electron chi connectivity index (χ1n) is 20.1. The summed E-state index contributed by atoms with van der Waals surface area (Å²) >= 11 is 0. The van der Waals surface area contributed by atoms with Crippen LogP contribution in [0.3, 0.4) is 0 Å². The largest absolute Gasteiger partial charge is 0.469 e. The molecular weight excluding hydrogens is 703 g/mol. The highest BCUT2D eigenvalue weighted by atomic mass is 31.2. The Morgan fingerprint density at radius 3 is 1.80 bits per heavy atom. The van der Waals surface area contributed by atoms with Crippen LogP contribution in [-0.2, 0) is 28.2 Å². The smallest absolute Gasteiger partial charge is 0.462 e. The van der Waals surface area contributed by atoms with Gasteiger partial charge in [0.2, 0.25) is 0 Å². The third kappa shape index (κ3) is 40.1. The number of phosphoric ester groups is 1. The predicted molar refractivity (Wildman–Crippen MR) is 222 cm³/mol. The van der Waals surface area contributed by atoms with Gasteiger partial charge in [-0.3, -0.25) is 14.1 Å². The lowest BCUT2D eigenvalue weighted by atomic mass is 10.1. The number of carbonyl (C=O) groups excluding carboxylic acids is 2. The summed E-state index contributed by atoms with van der Waals surface area (Å²) in [4.78, 5) is 42.8. The maximum absolute atomic E-state index is 12.4. The molecule has 306 valence electrons. The fourth-order valence-corrected chi connectivity index (χ4v) is 5.28. The Morgan fingerprint density at radius 2 is 1.15 bits per heavy atom. The van der Waals surface area contributed by atoms with Crippen LogP contribution < -0.4 is 0 Å². The molecule has 0 aliphatic heterocycles. The molecule has 0 saturated heterocycles. The van der Waals surface area contributed by atoms with Crippen molar-refractivity contribution in [3.63, 3.8) is 0 Å². The van der Waals surface area contributed by atoms with Crippen molar-refractivity contribution in [2.45, 2.75) is 154 Å². The number of carbonyl (C=O) groups is 2. The molecule has 10 heteroatoms. The van der Waals surface area contributed by atoms with Crippen molar-refractivity contribution in [2.75, 3.05) is 13.2 Å². The Hall–Kier alpha value is -3.07. The standard InChI is InChI=1S/C44H71O9P/c1-3-5-7-9-11-12-13-14-15-16-17-18-23-26-30-34-38-44(47)53-42(40-52-54(48,49)50)39-51-43(46)37-33-29-25-22-20-19-21-24-28-32-36-41(45)35-31-27-10-8-6-4-2/h6,8,11-12,14-15,19-20,24-25,27-29,31-32,36,41-42,45H,3-5,7,9-10,13,16-18,21-23,26,30,33-35,37-40H2,1-2H3,(H2,48,49,50)/b8-6-,12-11-,15-14-,20-19-,28-24-,29-25-,31-27-,36-32+/t41?,42-/m1/s1. The van der Waals surface area contributed by atoms with Crippen molar-refractivity contribution in [3.05, 3.63) is 97.2 Å². The summed E-state index contributed by atoms with van der Waals surface area (Å²) in [5.74, 6) is -1.03. The average Bonchev–Trinajstić information content (AvgIpc) is 3.14. The monoisotopic (exact) mass is 774 g/mol. The number of ether oxygens (including phenoxy) is 2. The molecule has 3 N–H and O–H groups in total. The number of aliphatic hydroxyl groups is 1. The molecule has 0 saturated carbocycles. The van der Waals surface area contributed by atoms with Crippen molar-refractivity contribution in [2.24, 2.45) is 0 Å². The number of phosphoric acid groups is 1. The minimum Gasteiger partial charge on any atom is -0.462 e. The quantitative estimate of drug-likeness (QED) is 0.0189. The Kier molecular flexibility index (Phi) is 36.0. The second kappa shape index (κ2) is 38.2. The second-order valence-corrected chi connectivity index (χ2v) is 14.3. The van der Waals surface area contributed by atoms with Crippen LogP contribution in [0.5, 0.6) is 0 Å². The lowest BCUT2D eigenvalue weighted by molar-refractivity contribution is -0.161. The zero-order valence-corrected chi connectivity index (χ0v) is 34.1. The van der Waals surface area contributed by atoms with E-state index in [0.717, 1.165) is 64.2 Å². The lowest BCUT2D eigenvalue weighted by Crippen LogP contribution is -2.29. The molecule has 0 amide bonds. The Bertz CT molecular complexity index is 1210. The molecule has 1 unspecified atom stereocenters. The normalized spacial score (nSPS) is 14.1. The molecule has 0 aliphatic rings. The molecule has 2 atom stereocenters. The van der Waals surface area contributed by atoms with Crippen LogP contribution in [0.25, 0.3) is 0 Å². The molecule has 0 heterocycles. The van der Waals surface area contributed by atoms with Crippen LogP contribution in [0, 0.1) is 0 Å². The number of aliphatic hydroxyl groups excluding tert-OH is 1. The molecule has 0 radical (unpaired) electrons. The summed E-state index contributed by atoms with van der Waals surface area (Å²) in [6.45, 7) is 3.39. The van der Waals surface area contributed by atoms with Crippen LogP contribution >= 0.6 is 7.82 Å². The summed E-state index contributed by atoms with van der Waals surface area (Å²) in [6.07, 6.45) is 48.8. The maximum atomic E-state index is 12.4. The van der Waals surface area contributed by atoms with Gasteiger partial charge >= 0.3 is 19.8 Å². The van der Waals surface area contributed by atoms with Gasteiger partial charge < -0.3 is 24.4 Å². The van der Waals surface area contributed by atoms with Gasteiger partial charge in [-0.05, 0) is 77.0 Å². The number of allylic oxidation sites excluding steroid dienone is 14. The first-order valence-corrected chi connectivity index (χ1v) is 21.7. The van der Waals surface area contributed by atoms with Crippen LogP contribution in [0.1, 0.15) is 142 Å². The Morgan fingerprint density at radius 1 is 0.593 bits per heavy atom. The van der Waals surface area contributed by atoms with Crippen molar-refractivity contribution in [1.29, 1.82) is 0 Å². The van der Waals surface area contributed by atoms with E-state index in [0.29, 0.717) is 25.7 Å². The van der Waals surface area contributed by atoms with Gasteiger partial charge in [0.25, 0.3) is 0 Å². The summed E-state index contributed by atoms with van der Waals surface area (Å²) < 4.78 is 26.2. The molecule has 0 aromatic carbocycles. The van der Waals surface area contributed by atoms with Crippen LogP contribution in [0.2, 0.25) is 0 Å². The second-order valence-electron chi connectivity index (χ2n) is 13.1. The van der Waals surface area contributed by atoms with Gasteiger partial charge in [0.1, 0.15) is 6.61 Å². The molecule has 0 aromatic rings. The molecule has 0 aromatic heterocycles. The fraction of sp³-hybridized carbons (Fsp3) is 0.591. The highest BCUT2D eigenvalue weighted by Gasteiger charge is 2.22. The first kappa shape index (κ1) is 50.9. The summed E-state index contributed by atoms with van der Waals surface area (Å²) in [5, 5.41) is 9.97.